The second kappa shape index (κ2) is 12.9. The van der Waals surface area contributed by atoms with Gasteiger partial charge in [0.15, 0.2) is 5.92 Å². The first kappa shape index (κ1) is 26.4. The van der Waals surface area contributed by atoms with Crippen molar-refractivity contribution in [1.29, 1.82) is 0 Å². The lowest BCUT2D eigenvalue weighted by molar-refractivity contribution is -0.161. The normalized spacial score (nSPS) is 11.4. The van der Waals surface area contributed by atoms with Crippen LogP contribution in [0.3, 0.4) is 0 Å². The fraction of sp³-hybridized carbons (Fsp3) is 0.500. The number of thiol groups is 1. The molecule has 0 spiro atoms. The van der Waals surface area contributed by atoms with Crippen LogP contribution in [0.1, 0.15) is 36.0 Å². The van der Waals surface area contributed by atoms with E-state index in [2.05, 4.69) is 22.7 Å². The van der Waals surface area contributed by atoms with E-state index in [1.807, 2.05) is 5.32 Å². The first-order valence-electron chi connectivity index (χ1n) is 9.33. The minimum atomic E-state index is -1.27. The molecule has 4 N–H and O–H groups in total. The van der Waals surface area contributed by atoms with E-state index in [1.54, 1.807) is 20.8 Å². The maximum Gasteiger partial charge on any atom is 0.414 e. The largest absolute Gasteiger partial charge is 0.465 e. The molecule has 0 aliphatic carbocycles. The Bertz CT molecular complexity index is 807. The molecule has 0 aliphatic rings. The molecule has 172 valence electrons. The SMILES string of the molecule is CCOC(=O)NC(=O)c1cc(CC(C(=O)OCC)C(=O)OCC)sc1NC(=O)C(N)S. The maximum atomic E-state index is 12.5. The molecule has 0 aliphatic heterocycles. The highest BCUT2D eigenvalue weighted by molar-refractivity contribution is 7.81. The molecule has 3 amide bonds. The van der Waals surface area contributed by atoms with Gasteiger partial charge in [-0.25, -0.2) is 4.79 Å². The number of esters is 2. The highest BCUT2D eigenvalue weighted by Crippen LogP contribution is 2.31. The first-order valence-corrected chi connectivity index (χ1v) is 10.7. The number of amides is 3. The molecule has 1 aromatic rings. The molecule has 0 saturated carbocycles. The summed E-state index contributed by atoms with van der Waals surface area (Å²) in [6, 6.07) is 1.34. The van der Waals surface area contributed by atoms with Crippen molar-refractivity contribution in [1.82, 2.24) is 5.32 Å². The van der Waals surface area contributed by atoms with Gasteiger partial charge in [-0.1, -0.05) is 0 Å². The lowest BCUT2D eigenvalue weighted by Crippen LogP contribution is -2.33. The number of hydrogen-bond donors (Lipinski definition) is 4. The van der Waals surface area contributed by atoms with Crippen LogP contribution < -0.4 is 16.4 Å². The Hall–Kier alpha value is -2.64. The van der Waals surface area contributed by atoms with Gasteiger partial charge in [0.05, 0.1) is 25.4 Å². The van der Waals surface area contributed by atoms with Crippen LogP contribution in [-0.4, -0.2) is 55.0 Å². The number of ether oxygens (including phenoxy) is 3. The number of imide groups is 1. The Balaban J connectivity index is 3.23. The van der Waals surface area contributed by atoms with Gasteiger partial charge in [0.25, 0.3) is 11.8 Å². The summed E-state index contributed by atoms with van der Waals surface area (Å²) in [7, 11) is 0. The monoisotopic (exact) mass is 475 g/mol. The van der Waals surface area contributed by atoms with Crippen molar-refractivity contribution in [2.45, 2.75) is 32.6 Å². The third-order valence-electron chi connectivity index (χ3n) is 3.57. The Morgan fingerprint density at radius 3 is 2.06 bits per heavy atom. The van der Waals surface area contributed by atoms with Gasteiger partial charge in [0.1, 0.15) is 10.4 Å². The molecule has 1 aromatic heterocycles. The summed E-state index contributed by atoms with van der Waals surface area (Å²) < 4.78 is 14.5. The van der Waals surface area contributed by atoms with Crippen LogP contribution in [0, 0.1) is 5.92 Å². The summed E-state index contributed by atoms with van der Waals surface area (Å²) >= 11 is 4.75. The van der Waals surface area contributed by atoms with Crippen molar-refractivity contribution in [2.75, 3.05) is 25.1 Å². The van der Waals surface area contributed by atoms with Crippen LogP contribution in [0.2, 0.25) is 0 Å². The van der Waals surface area contributed by atoms with Crippen molar-refractivity contribution >= 4 is 58.8 Å². The second-order valence-electron chi connectivity index (χ2n) is 5.83. The molecule has 0 radical (unpaired) electrons. The highest BCUT2D eigenvalue weighted by atomic mass is 32.1. The first-order chi connectivity index (χ1) is 14.6. The molecule has 13 heteroatoms. The van der Waals surface area contributed by atoms with E-state index in [1.165, 1.54) is 6.07 Å². The molecular weight excluding hydrogens is 450 g/mol. The quantitative estimate of drug-likeness (QED) is 0.127. The highest BCUT2D eigenvalue weighted by Gasteiger charge is 2.31. The Labute approximate surface area is 188 Å². The molecule has 0 fully saturated rings. The minimum absolute atomic E-state index is 0.0485. The smallest absolute Gasteiger partial charge is 0.414 e. The van der Waals surface area contributed by atoms with Gasteiger partial charge in [0.2, 0.25) is 0 Å². The topological polar surface area (TPSA) is 163 Å². The summed E-state index contributed by atoms with van der Waals surface area (Å²) in [5.41, 5.74) is 5.34. The molecule has 31 heavy (non-hydrogen) atoms. The van der Waals surface area contributed by atoms with Gasteiger partial charge >= 0.3 is 18.0 Å². The van der Waals surface area contributed by atoms with E-state index >= 15 is 0 Å². The summed E-state index contributed by atoms with van der Waals surface area (Å²) in [6.07, 6.45) is -1.12. The Kier molecular flexibility index (Phi) is 11.0. The maximum absolute atomic E-state index is 12.5. The van der Waals surface area contributed by atoms with Gasteiger partial charge in [-0.05, 0) is 26.8 Å². The van der Waals surface area contributed by atoms with Gasteiger partial charge in [-0.15, -0.1) is 11.3 Å². The van der Waals surface area contributed by atoms with Crippen LogP contribution in [-0.2, 0) is 35.0 Å². The summed E-state index contributed by atoms with van der Waals surface area (Å²) in [6.45, 7) is 4.93. The number of carbonyl (C=O) groups is 5. The molecule has 0 bridgehead atoms. The van der Waals surface area contributed by atoms with E-state index in [0.717, 1.165) is 11.3 Å². The lowest BCUT2D eigenvalue weighted by Gasteiger charge is -2.13. The number of hydrogen-bond acceptors (Lipinski definition) is 11. The third-order valence-corrected chi connectivity index (χ3v) is 4.88. The van der Waals surface area contributed by atoms with Gasteiger partial charge in [-0.2, -0.15) is 12.6 Å². The summed E-state index contributed by atoms with van der Waals surface area (Å²) in [5, 5.41) is 3.33. The average Bonchev–Trinajstić information content (AvgIpc) is 3.08. The minimum Gasteiger partial charge on any atom is -0.465 e. The fourth-order valence-electron chi connectivity index (χ4n) is 2.27. The number of carbonyl (C=O) groups excluding carboxylic acids is 5. The van der Waals surface area contributed by atoms with Gasteiger partial charge in [-0.3, -0.25) is 24.5 Å². The fourth-order valence-corrected chi connectivity index (χ4v) is 3.43. The summed E-state index contributed by atoms with van der Waals surface area (Å²) in [5.74, 6) is -4.39. The van der Waals surface area contributed by atoms with Crippen molar-refractivity contribution in [3.8, 4) is 0 Å². The van der Waals surface area contributed by atoms with E-state index in [-0.39, 0.29) is 36.8 Å². The zero-order valence-corrected chi connectivity index (χ0v) is 19.0. The van der Waals surface area contributed by atoms with Crippen LogP contribution in [0.25, 0.3) is 0 Å². The van der Waals surface area contributed by atoms with Crippen molar-refractivity contribution < 1.29 is 38.2 Å². The Morgan fingerprint density at radius 2 is 1.58 bits per heavy atom. The number of thiophene rings is 1. The molecule has 1 atom stereocenters. The van der Waals surface area contributed by atoms with Crippen molar-refractivity contribution in [3.05, 3.63) is 16.5 Å². The average molecular weight is 476 g/mol. The predicted molar refractivity (Wildman–Crippen MR) is 115 cm³/mol. The number of nitrogens with one attached hydrogen (secondary N) is 2. The van der Waals surface area contributed by atoms with Crippen molar-refractivity contribution in [3.63, 3.8) is 0 Å². The molecule has 1 unspecified atom stereocenters. The second-order valence-corrected chi connectivity index (χ2v) is 7.52. The zero-order chi connectivity index (χ0) is 23.6. The van der Waals surface area contributed by atoms with Crippen LogP contribution >= 0.6 is 24.0 Å². The predicted octanol–water partition coefficient (Wildman–Crippen LogP) is 1.07. The molecule has 0 aromatic carbocycles. The van der Waals surface area contributed by atoms with Crippen LogP contribution in [0.4, 0.5) is 9.80 Å². The molecule has 0 saturated heterocycles. The third kappa shape index (κ3) is 8.19. The zero-order valence-electron chi connectivity index (χ0n) is 17.3. The summed E-state index contributed by atoms with van der Waals surface area (Å²) in [4.78, 5) is 60.8. The number of alkyl carbamates (subject to hydrolysis) is 1. The Morgan fingerprint density at radius 1 is 1.03 bits per heavy atom. The van der Waals surface area contributed by atoms with Crippen LogP contribution in [0.5, 0.6) is 0 Å². The molecule has 1 rings (SSSR count). The van der Waals surface area contributed by atoms with E-state index in [4.69, 9.17) is 15.2 Å². The lowest BCUT2D eigenvalue weighted by atomic mass is 10.0. The van der Waals surface area contributed by atoms with Crippen LogP contribution in [0.15, 0.2) is 6.07 Å². The number of rotatable bonds is 10. The molecular formula is C18H25N3O8S2. The van der Waals surface area contributed by atoms with E-state index in [9.17, 15) is 24.0 Å². The van der Waals surface area contributed by atoms with Gasteiger partial charge in [0, 0.05) is 11.3 Å². The van der Waals surface area contributed by atoms with Gasteiger partial charge < -0.3 is 25.3 Å². The van der Waals surface area contributed by atoms with Crippen molar-refractivity contribution in [2.24, 2.45) is 11.7 Å². The van der Waals surface area contributed by atoms with E-state index < -0.39 is 41.1 Å². The number of anilines is 1. The molecule has 1 heterocycles. The molecule has 11 nitrogen and oxygen atoms in total. The number of nitrogens with two attached hydrogens (primary N) is 1. The standard InChI is InChI=1S/C18H25N3O8S2/c1-4-27-16(24)11(17(25)28-5-2)8-9-7-10(13(22)21-18(26)29-6-3)15(31-9)20-14(23)12(19)30/h7,11-12,30H,4-6,8,19H2,1-3H3,(H,20,23)(H,21,22,26). The van der Waals surface area contributed by atoms with E-state index in [0.29, 0.717) is 4.88 Å².